The van der Waals surface area contributed by atoms with Gasteiger partial charge in [-0.05, 0) is 30.9 Å². The van der Waals surface area contributed by atoms with E-state index in [9.17, 15) is 13.2 Å². The second-order valence-electron chi connectivity index (χ2n) is 3.70. The molecule has 2 rings (SSSR count). The van der Waals surface area contributed by atoms with Crippen LogP contribution in [0.15, 0.2) is 18.2 Å². The van der Waals surface area contributed by atoms with Crippen LogP contribution in [-0.2, 0) is 0 Å². The molecule has 1 aromatic rings. The van der Waals surface area contributed by atoms with Crippen LogP contribution in [0.3, 0.4) is 0 Å². The lowest BCUT2D eigenvalue weighted by Crippen LogP contribution is -2.06. The van der Waals surface area contributed by atoms with Gasteiger partial charge in [-0.1, -0.05) is 6.07 Å². The Bertz CT molecular complexity index is 364. The van der Waals surface area contributed by atoms with Crippen molar-refractivity contribution in [2.75, 3.05) is 6.61 Å². The molecule has 1 aliphatic carbocycles. The van der Waals surface area contributed by atoms with Crippen molar-refractivity contribution in [3.63, 3.8) is 0 Å². The van der Waals surface area contributed by atoms with Gasteiger partial charge in [-0.25, -0.2) is 0 Å². The predicted molar refractivity (Wildman–Crippen MR) is 51.3 cm³/mol. The Morgan fingerprint density at radius 1 is 1.25 bits per heavy atom. The summed E-state index contributed by atoms with van der Waals surface area (Å²) in [4.78, 5) is 0. The number of benzene rings is 1. The third kappa shape index (κ3) is 2.81. The summed E-state index contributed by atoms with van der Waals surface area (Å²) in [7, 11) is 0. The molecule has 0 aliphatic heterocycles. The lowest BCUT2D eigenvalue weighted by Gasteiger charge is -2.10. The smallest absolute Gasteiger partial charge is 0.387 e. The van der Waals surface area contributed by atoms with Crippen LogP contribution >= 0.6 is 0 Å². The molecule has 1 aliphatic rings. The lowest BCUT2D eigenvalue weighted by molar-refractivity contribution is -0.0524. The van der Waals surface area contributed by atoms with Crippen LogP contribution in [0.4, 0.5) is 13.2 Å². The van der Waals surface area contributed by atoms with Crippen molar-refractivity contribution in [2.45, 2.75) is 19.5 Å². The van der Waals surface area contributed by atoms with E-state index in [-0.39, 0.29) is 5.75 Å². The van der Waals surface area contributed by atoms with Crippen LogP contribution in [-0.4, -0.2) is 13.2 Å². The van der Waals surface area contributed by atoms with Crippen molar-refractivity contribution in [1.29, 1.82) is 0 Å². The fourth-order valence-electron chi connectivity index (χ4n) is 1.28. The van der Waals surface area contributed by atoms with Gasteiger partial charge in [0.1, 0.15) is 0 Å². The Morgan fingerprint density at radius 3 is 2.56 bits per heavy atom. The number of ether oxygens (including phenoxy) is 2. The first-order valence-corrected chi connectivity index (χ1v) is 5.03. The summed E-state index contributed by atoms with van der Waals surface area (Å²) in [6.45, 7) is -2.61. The highest BCUT2D eigenvalue weighted by atomic mass is 19.3. The minimum absolute atomic E-state index is 0.0370. The average Bonchev–Trinajstić information content (AvgIpc) is 3.02. The third-order valence-corrected chi connectivity index (χ3v) is 2.32. The molecule has 0 atom stereocenters. The van der Waals surface area contributed by atoms with E-state index in [0.717, 1.165) is 18.9 Å². The highest BCUT2D eigenvalue weighted by molar-refractivity contribution is 5.35. The number of hydrogen-bond donors (Lipinski definition) is 0. The molecule has 0 bridgehead atoms. The van der Waals surface area contributed by atoms with Gasteiger partial charge in [-0.15, -0.1) is 0 Å². The lowest BCUT2D eigenvalue weighted by atomic mass is 10.3. The molecule has 0 spiro atoms. The van der Waals surface area contributed by atoms with E-state index in [1.54, 1.807) is 0 Å². The predicted octanol–water partition coefficient (Wildman–Crippen LogP) is 3.22. The van der Waals surface area contributed by atoms with Crippen LogP contribution in [0.25, 0.3) is 0 Å². The van der Waals surface area contributed by atoms with E-state index in [4.69, 9.17) is 4.74 Å². The van der Waals surface area contributed by atoms with Gasteiger partial charge in [0.25, 0.3) is 0 Å². The topological polar surface area (TPSA) is 18.5 Å². The van der Waals surface area contributed by atoms with Gasteiger partial charge in [0.2, 0.25) is 5.82 Å². The average molecular weight is 232 g/mol. The van der Waals surface area contributed by atoms with E-state index in [1.807, 2.05) is 0 Å². The van der Waals surface area contributed by atoms with Gasteiger partial charge in [0.15, 0.2) is 11.5 Å². The number of hydrogen-bond acceptors (Lipinski definition) is 2. The Hall–Kier alpha value is -1.39. The monoisotopic (exact) mass is 232 g/mol. The molecule has 0 heterocycles. The molecule has 0 radical (unpaired) electrons. The van der Waals surface area contributed by atoms with Crippen LogP contribution in [0, 0.1) is 11.7 Å². The van der Waals surface area contributed by atoms with E-state index in [0.29, 0.717) is 12.5 Å². The van der Waals surface area contributed by atoms with E-state index >= 15 is 0 Å². The maximum Gasteiger partial charge on any atom is 0.387 e. The summed E-state index contributed by atoms with van der Waals surface area (Å²) in [6.07, 6.45) is 2.16. The SMILES string of the molecule is Fc1c(OCC2CC2)cccc1OC(F)F. The summed E-state index contributed by atoms with van der Waals surface area (Å²) in [6, 6.07) is 3.96. The summed E-state index contributed by atoms with van der Waals surface area (Å²) in [5.74, 6) is -0.920. The minimum atomic E-state index is -3.03. The normalized spacial score (nSPS) is 15.2. The maximum absolute atomic E-state index is 13.5. The Morgan fingerprint density at radius 2 is 1.94 bits per heavy atom. The fourth-order valence-corrected chi connectivity index (χ4v) is 1.28. The highest BCUT2D eigenvalue weighted by Gasteiger charge is 2.23. The van der Waals surface area contributed by atoms with Crippen molar-refractivity contribution < 1.29 is 22.6 Å². The third-order valence-electron chi connectivity index (χ3n) is 2.32. The molecule has 2 nitrogen and oxygen atoms in total. The van der Waals surface area contributed by atoms with Crippen LogP contribution < -0.4 is 9.47 Å². The zero-order valence-corrected chi connectivity index (χ0v) is 8.46. The standard InChI is InChI=1S/C11H11F3O2/c12-10-8(15-6-7-4-5-7)2-1-3-9(10)16-11(13)14/h1-3,7,11H,4-6H2. The highest BCUT2D eigenvalue weighted by Crippen LogP contribution is 2.32. The van der Waals surface area contributed by atoms with Crippen molar-refractivity contribution >= 4 is 0 Å². The maximum atomic E-state index is 13.5. The molecule has 0 N–H and O–H groups in total. The molecule has 0 aromatic heterocycles. The Balaban J connectivity index is 2.05. The molecule has 0 amide bonds. The first-order valence-electron chi connectivity index (χ1n) is 5.03. The van der Waals surface area contributed by atoms with E-state index < -0.39 is 18.2 Å². The summed E-state index contributed by atoms with van der Waals surface area (Å²) < 4.78 is 46.6. The van der Waals surface area contributed by atoms with Gasteiger partial charge in [-0.2, -0.15) is 13.2 Å². The quantitative estimate of drug-likeness (QED) is 0.776. The molecule has 5 heteroatoms. The molecule has 16 heavy (non-hydrogen) atoms. The van der Waals surface area contributed by atoms with Crippen LogP contribution in [0.5, 0.6) is 11.5 Å². The largest absolute Gasteiger partial charge is 0.490 e. The number of alkyl halides is 2. The van der Waals surface area contributed by atoms with Crippen molar-refractivity contribution in [3.05, 3.63) is 24.0 Å². The summed E-state index contributed by atoms with van der Waals surface area (Å²) in [5, 5.41) is 0. The Kier molecular flexibility index (Phi) is 3.22. The van der Waals surface area contributed by atoms with Crippen molar-refractivity contribution in [2.24, 2.45) is 5.92 Å². The van der Waals surface area contributed by atoms with Gasteiger partial charge < -0.3 is 9.47 Å². The van der Waals surface area contributed by atoms with Crippen LogP contribution in [0.1, 0.15) is 12.8 Å². The van der Waals surface area contributed by atoms with Crippen molar-refractivity contribution in [1.82, 2.24) is 0 Å². The first kappa shape index (κ1) is 11.1. The van der Waals surface area contributed by atoms with Crippen LogP contribution in [0.2, 0.25) is 0 Å². The van der Waals surface area contributed by atoms with Gasteiger partial charge in [0, 0.05) is 0 Å². The molecule has 1 aromatic carbocycles. The molecular weight excluding hydrogens is 221 g/mol. The minimum Gasteiger partial charge on any atom is -0.490 e. The number of rotatable bonds is 5. The second kappa shape index (κ2) is 4.63. The first-order chi connectivity index (χ1) is 7.66. The molecule has 0 saturated heterocycles. The van der Waals surface area contributed by atoms with Gasteiger partial charge in [-0.3, -0.25) is 0 Å². The zero-order chi connectivity index (χ0) is 11.5. The van der Waals surface area contributed by atoms with Gasteiger partial charge >= 0.3 is 6.61 Å². The van der Waals surface area contributed by atoms with E-state index in [1.165, 1.54) is 12.1 Å². The Labute approximate surface area is 91.0 Å². The zero-order valence-electron chi connectivity index (χ0n) is 8.46. The summed E-state index contributed by atoms with van der Waals surface area (Å²) in [5.41, 5.74) is 0. The summed E-state index contributed by atoms with van der Waals surface area (Å²) >= 11 is 0. The molecule has 1 saturated carbocycles. The molecule has 88 valence electrons. The molecular formula is C11H11F3O2. The molecule has 1 fully saturated rings. The van der Waals surface area contributed by atoms with Gasteiger partial charge in [0.05, 0.1) is 6.61 Å². The van der Waals surface area contributed by atoms with Crippen molar-refractivity contribution in [3.8, 4) is 11.5 Å². The van der Waals surface area contributed by atoms with E-state index in [2.05, 4.69) is 4.74 Å². The number of halogens is 3. The molecule has 0 unspecified atom stereocenters. The second-order valence-corrected chi connectivity index (χ2v) is 3.70. The fraction of sp³-hybridized carbons (Fsp3) is 0.455.